The first-order chi connectivity index (χ1) is 11.1. The Morgan fingerprint density at radius 1 is 1.04 bits per heavy atom. The van der Waals surface area contributed by atoms with Crippen molar-refractivity contribution in [1.82, 2.24) is 0 Å². The Kier molecular flexibility index (Phi) is 3.98. The number of benzene rings is 2. The molecule has 0 saturated carbocycles. The molecular weight excluding hydrogens is 288 g/mol. The summed E-state index contributed by atoms with van der Waals surface area (Å²) in [5.41, 5.74) is 4.05. The van der Waals surface area contributed by atoms with Crippen molar-refractivity contribution in [2.24, 2.45) is 5.10 Å². The lowest BCUT2D eigenvalue weighted by atomic mass is 9.98. The number of nitrogens with zero attached hydrogens (tertiary/aromatic N) is 2. The van der Waals surface area contributed by atoms with Crippen molar-refractivity contribution in [2.45, 2.75) is 13.8 Å². The van der Waals surface area contributed by atoms with E-state index < -0.39 is 0 Å². The highest BCUT2D eigenvalue weighted by Gasteiger charge is 2.30. The fraction of sp³-hybridized carbons (Fsp3) is 0.158. The molecule has 0 saturated heterocycles. The summed E-state index contributed by atoms with van der Waals surface area (Å²) in [4.78, 5) is 12.8. The second-order valence-corrected chi connectivity index (χ2v) is 5.37. The summed E-state index contributed by atoms with van der Waals surface area (Å²) in [6.07, 6.45) is 0. The zero-order valence-electron chi connectivity index (χ0n) is 13.4. The number of ether oxygens (including phenoxy) is 1. The number of carbonyl (C=O) groups excluding carboxylic acids is 1. The summed E-state index contributed by atoms with van der Waals surface area (Å²) in [5, 5.41) is 5.88. The molecule has 2 aromatic carbocycles. The molecule has 1 aliphatic heterocycles. The van der Waals surface area contributed by atoms with Crippen LogP contribution in [0.3, 0.4) is 0 Å². The molecule has 4 heteroatoms. The van der Waals surface area contributed by atoms with E-state index in [1.165, 1.54) is 5.01 Å². The average molecular weight is 306 g/mol. The van der Waals surface area contributed by atoms with Gasteiger partial charge in [-0.15, -0.1) is 0 Å². The van der Waals surface area contributed by atoms with Gasteiger partial charge < -0.3 is 4.74 Å². The number of hydrazone groups is 1. The van der Waals surface area contributed by atoms with E-state index in [1.807, 2.05) is 68.4 Å². The molecular formula is C19H18N2O2. The quantitative estimate of drug-likeness (QED) is 0.807. The van der Waals surface area contributed by atoms with E-state index >= 15 is 0 Å². The highest BCUT2D eigenvalue weighted by Crippen LogP contribution is 2.29. The molecule has 116 valence electrons. The zero-order valence-corrected chi connectivity index (χ0v) is 13.4. The number of methoxy groups -OCH3 is 1. The van der Waals surface area contributed by atoms with Gasteiger partial charge in [0.05, 0.1) is 24.1 Å². The molecule has 0 unspecified atom stereocenters. The topological polar surface area (TPSA) is 41.9 Å². The van der Waals surface area contributed by atoms with Gasteiger partial charge in [0.25, 0.3) is 5.91 Å². The summed E-state index contributed by atoms with van der Waals surface area (Å²) in [7, 11) is 1.63. The molecule has 1 aliphatic rings. The summed E-state index contributed by atoms with van der Waals surface area (Å²) in [6, 6.07) is 17.1. The molecule has 2 aromatic rings. The van der Waals surface area contributed by atoms with Gasteiger partial charge in [0.1, 0.15) is 5.75 Å². The van der Waals surface area contributed by atoms with Gasteiger partial charge in [0, 0.05) is 0 Å². The fourth-order valence-electron chi connectivity index (χ4n) is 2.67. The van der Waals surface area contributed by atoms with E-state index in [0.29, 0.717) is 5.57 Å². The number of hydrogen-bond acceptors (Lipinski definition) is 3. The van der Waals surface area contributed by atoms with Gasteiger partial charge in [-0.05, 0) is 49.2 Å². The third-order valence-corrected chi connectivity index (χ3v) is 3.92. The molecule has 0 atom stereocenters. The van der Waals surface area contributed by atoms with E-state index in [-0.39, 0.29) is 5.91 Å². The van der Waals surface area contributed by atoms with Crippen LogP contribution in [0.2, 0.25) is 0 Å². The summed E-state index contributed by atoms with van der Waals surface area (Å²) in [6.45, 7) is 3.81. The number of carbonyl (C=O) groups is 1. The molecule has 0 spiro atoms. The van der Waals surface area contributed by atoms with Crippen molar-refractivity contribution in [3.8, 4) is 5.75 Å². The Bertz CT molecular complexity index is 790. The molecule has 4 nitrogen and oxygen atoms in total. The first-order valence-electron chi connectivity index (χ1n) is 7.42. The number of para-hydroxylation sites is 1. The highest BCUT2D eigenvalue weighted by atomic mass is 16.5. The number of anilines is 1. The first kappa shape index (κ1) is 15.0. The smallest absolute Gasteiger partial charge is 0.280 e. The van der Waals surface area contributed by atoms with Crippen molar-refractivity contribution in [3.63, 3.8) is 0 Å². The lowest BCUT2D eigenvalue weighted by Crippen LogP contribution is -2.21. The van der Waals surface area contributed by atoms with Crippen LogP contribution in [0.25, 0.3) is 5.57 Å². The van der Waals surface area contributed by atoms with Crippen LogP contribution in [0, 0.1) is 0 Å². The average Bonchev–Trinajstić information content (AvgIpc) is 2.89. The van der Waals surface area contributed by atoms with Crippen LogP contribution in [-0.4, -0.2) is 18.7 Å². The highest BCUT2D eigenvalue weighted by molar-refractivity contribution is 6.33. The van der Waals surface area contributed by atoms with Crippen LogP contribution in [0.1, 0.15) is 19.4 Å². The molecule has 23 heavy (non-hydrogen) atoms. The molecule has 0 fully saturated rings. The van der Waals surface area contributed by atoms with Crippen LogP contribution < -0.4 is 9.75 Å². The second-order valence-electron chi connectivity index (χ2n) is 5.37. The van der Waals surface area contributed by atoms with Gasteiger partial charge >= 0.3 is 0 Å². The van der Waals surface area contributed by atoms with Crippen LogP contribution in [0.4, 0.5) is 5.69 Å². The minimum atomic E-state index is -0.0954. The van der Waals surface area contributed by atoms with Crippen LogP contribution in [-0.2, 0) is 4.79 Å². The van der Waals surface area contributed by atoms with E-state index in [2.05, 4.69) is 5.10 Å². The maximum Gasteiger partial charge on any atom is 0.280 e. The van der Waals surface area contributed by atoms with Gasteiger partial charge in [0.2, 0.25) is 0 Å². The number of amides is 1. The Morgan fingerprint density at radius 3 is 2.30 bits per heavy atom. The number of hydrogen-bond donors (Lipinski definition) is 0. The van der Waals surface area contributed by atoms with E-state index in [4.69, 9.17) is 4.74 Å². The van der Waals surface area contributed by atoms with E-state index in [9.17, 15) is 4.79 Å². The maximum absolute atomic E-state index is 12.8. The Hall–Kier alpha value is -2.88. The Morgan fingerprint density at radius 2 is 1.70 bits per heavy atom. The third kappa shape index (κ3) is 2.75. The van der Waals surface area contributed by atoms with Crippen molar-refractivity contribution >= 4 is 22.9 Å². The molecule has 0 N–H and O–H groups in total. The largest absolute Gasteiger partial charge is 0.497 e. The number of allylic oxidation sites excluding steroid dienone is 1. The second kappa shape index (κ2) is 6.08. The SMILES string of the molecule is COc1ccc(/C(C)=C2/C(=O)N(c3ccccc3)N=C2C)cc1. The molecule has 0 aromatic heterocycles. The normalized spacial score (nSPS) is 16.4. The minimum absolute atomic E-state index is 0.0954. The number of rotatable bonds is 3. The van der Waals surface area contributed by atoms with Crippen LogP contribution >= 0.6 is 0 Å². The lowest BCUT2D eigenvalue weighted by molar-refractivity contribution is -0.114. The minimum Gasteiger partial charge on any atom is -0.497 e. The maximum atomic E-state index is 12.8. The molecule has 0 radical (unpaired) electrons. The fourth-order valence-corrected chi connectivity index (χ4v) is 2.67. The molecule has 1 heterocycles. The van der Waals surface area contributed by atoms with Crippen molar-refractivity contribution in [2.75, 3.05) is 12.1 Å². The Labute approximate surface area is 135 Å². The summed E-state index contributed by atoms with van der Waals surface area (Å²) < 4.78 is 5.18. The predicted octanol–water partition coefficient (Wildman–Crippen LogP) is 3.89. The van der Waals surface area contributed by atoms with Crippen LogP contribution in [0.15, 0.2) is 65.3 Å². The van der Waals surface area contributed by atoms with Crippen molar-refractivity contribution in [1.29, 1.82) is 0 Å². The van der Waals surface area contributed by atoms with Crippen molar-refractivity contribution in [3.05, 3.63) is 65.7 Å². The van der Waals surface area contributed by atoms with E-state index in [0.717, 1.165) is 28.3 Å². The zero-order chi connectivity index (χ0) is 16.4. The summed E-state index contributed by atoms with van der Waals surface area (Å²) in [5.74, 6) is 0.697. The summed E-state index contributed by atoms with van der Waals surface area (Å²) >= 11 is 0. The first-order valence-corrected chi connectivity index (χ1v) is 7.42. The third-order valence-electron chi connectivity index (χ3n) is 3.92. The van der Waals surface area contributed by atoms with Gasteiger partial charge in [-0.1, -0.05) is 30.3 Å². The molecule has 0 aliphatic carbocycles. The predicted molar refractivity (Wildman–Crippen MR) is 92.6 cm³/mol. The van der Waals surface area contributed by atoms with Crippen molar-refractivity contribution < 1.29 is 9.53 Å². The van der Waals surface area contributed by atoms with Gasteiger partial charge in [-0.2, -0.15) is 10.1 Å². The van der Waals surface area contributed by atoms with Gasteiger partial charge in [-0.25, -0.2) is 0 Å². The molecule has 1 amide bonds. The van der Waals surface area contributed by atoms with Crippen LogP contribution in [0.5, 0.6) is 5.75 Å². The van der Waals surface area contributed by atoms with Gasteiger partial charge in [0.15, 0.2) is 0 Å². The van der Waals surface area contributed by atoms with Gasteiger partial charge in [-0.3, -0.25) is 4.79 Å². The molecule has 3 rings (SSSR count). The molecule has 0 bridgehead atoms. The monoisotopic (exact) mass is 306 g/mol. The lowest BCUT2D eigenvalue weighted by Gasteiger charge is -2.12. The van der Waals surface area contributed by atoms with E-state index in [1.54, 1.807) is 7.11 Å². The Balaban J connectivity index is 1.99. The standard InChI is InChI=1S/C19H18N2O2/c1-13(15-9-11-17(23-3)12-10-15)18-14(2)20-21(19(18)22)16-7-5-4-6-8-16/h4-12H,1-3H3/b18-13+.